The molecule has 0 unspecified atom stereocenters. The van der Waals surface area contributed by atoms with E-state index in [2.05, 4.69) is 25.6 Å². The van der Waals surface area contributed by atoms with Crippen LogP contribution in [0.3, 0.4) is 0 Å². The Kier molecular flexibility index (Phi) is 4.88. The normalized spacial score (nSPS) is 11.6. The third-order valence-electron chi connectivity index (χ3n) is 2.76. The number of nitrogens with one attached hydrogen (secondary N) is 1. The van der Waals surface area contributed by atoms with Crippen LogP contribution in [0.2, 0.25) is 5.02 Å². The van der Waals surface area contributed by atoms with Gasteiger partial charge in [0.1, 0.15) is 0 Å². The first-order chi connectivity index (χ1) is 9.79. The first-order valence-electron chi connectivity index (χ1n) is 5.95. The van der Waals surface area contributed by atoms with Crippen molar-refractivity contribution in [1.82, 2.24) is 9.71 Å². The summed E-state index contributed by atoms with van der Waals surface area (Å²) < 4.78 is 27.4. The van der Waals surface area contributed by atoms with Crippen molar-refractivity contribution in [2.75, 3.05) is 5.73 Å². The maximum atomic E-state index is 12.3. The van der Waals surface area contributed by atoms with Gasteiger partial charge in [-0.2, -0.15) is 0 Å². The summed E-state index contributed by atoms with van der Waals surface area (Å²) in [6, 6.07) is 6.45. The van der Waals surface area contributed by atoms with Crippen molar-refractivity contribution in [3.8, 4) is 0 Å². The number of aryl methyl sites for hydroxylation is 1. The van der Waals surface area contributed by atoms with Gasteiger partial charge in [0.25, 0.3) is 0 Å². The van der Waals surface area contributed by atoms with Crippen LogP contribution in [-0.4, -0.2) is 13.4 Å². The standard InChI is InChI=1S/C13H13BrClN3O2S/c1-8-2-3-9(6-17-8)7-18-21(19,20)12-5-10(15)4-11(16)13(12)14/h2-6,18H,7,16H2,1H3. The van der Waals surface area contributed by atoms with E-state index >= 15 is 0 Å². The van der Waals surface area contributed by atoms with E-state index in [1.54, 1.807) is 6.20 Å². The topological polar surface area (TPSA) is 85.1 Å². The summed E-state index contributed by atoms with van der Waals surface area (Å²) in [5.41, 5.74) is 7.60. The van der Waals surface area contributed by atoms with E-state index in [9.17, 15) is 8.42 Å². The minimum Gasteiger partial charge on any atom is -0.398 e. The maximum absolute atomic E-state index is 12.3. The van der Waals surface area contributed by atoms with Crippen LogP contribution < -0.4 is 10.5 Å². The molecular formula is C13H13BrClN3O2S. The molecule has 1 aromatic carbocycles. The summed E-state index contributed by atoms with van der Waals surface area (Å²) in [5.74, 6) is 0. The highest BCUT2D eigenvalue weighted by Crippen LogP contribution is 2.31. The predicted octanol–water partition coefficient (Wildman–Crippen LogP) is 2.87. The lowest BCUT2D eigenvalue weighted by atomic mass is 10.2. The molecule has 0 aliphatic carbocycles. The number of anilines is 1. The average Bonchev–Trinajstić information content (AvgIpc) is 2.42. The van der Waals surface area contributed by atoms with Crippen LogP contribution >= 0.6 is 27.5 Å². The second-order valence-corrected chi connectivity index (χ2v) is 7.40. The first kappa shape index (κ1) is 16.2. The van der Waals surface area contributed by atoms with E-state index in [4.69, 9.17) is 17.3 Å². The largest absolute Gasteiger partial charge is 0.398 e. The van der Waals surface area contributed by atoms with E-state index < -0.39 is 10.0 Å². The van der Waals surface area contributed by atoms with Crippen molar-refractivity contribution in [2.45, 2.75) is 18.4 Å². The number of pyridine rings is 1. The second-order valence-electron chi connectivity index (χ2n) is 4.44. The fourth-order valence-electron chi connectivity index (χ4n) is 1.64. The highest BCUT2D eigenvalue weighted by molar-refractivity contribution is 9.10. The SMILES string of the molecule is Cc1ccc(CNS(=O)(=O)c2cc(Cl)cc(N)c2Br)cn1. The van der Waals surface area contributed by atoms with Crippen LogP contribution in [-0.2, 0) is 16.6 Å². The quantitative estimate of drug-likeness (QED) is 0.786. The molecule has 0 amide bonds. The molecule has 1 aromatic heterocycles. The third-order valence-corrected chi connectivity index (χ3v) is 5.55. The Morgan fingerprint density at radius 2 is 2.10 bits per heavy atom. The highest BCUT2D eigenvalue weighted by Gasteiger charge is 2.20. The highest BCUT2D eigenvalue weighted by atomic mass is 79.9. The van der Waals surface area contributed by atoms with Gasteiger partial charge in [-0.05, 0) is 46.6 Å². The number of halogens is 2. The van der Waals surface area contributed by atoms with Crippen molar-refractivity contribution in [3.63, 3.8) is 0 Å². The zero-order valence-corrected chi connectivity index (χ0v) is 14.3. The average molecular weight is 391 g/mol. The number of aromatic nitrogens is 1. The molecule has 2 rings (SSSR count). The monoisotopic (exact) mass is 389 g/mol. The zero-order valence-electron chi connectivity index (χ0n) is 11.1. The molecule has 0 saturated carbocycles. The van der Waals surface area contributed by atoms with Crippen LogP contribution in [0.4, 0.5) is 5.69 Å². The van der Waals surface area contributed by atoms with Crippen LogP contribution in [0.15, 0.2) is 39.8 Å². The first-order valence-corrected chi connectivity index (χ1v) is 8.61. The minimum atomic E-state index is -3.73. The molecule has 0 spiro atoms. The lowest BCUT2D eigenvalue weighted by molar-refractivity contribution is 0.581. The number of rotatable bonds is 4. The molecule has 0 fully saturated rings. The van der Waals surface area contributed by atoms with E-state index in [-0.39, 0.29) is 22.2 Å². The number of hydrogen-bond donors (Lipinski definition) is 2. The van der Waals surface area contributed by atoms with E-state index in [0.717, 1.165) is 11.3 Å². The third kappa shape index (κ3) is 3.94. The summed E-state index contributed by atoms with van der Waals surface area (Å²) in [6.45, 7) is 1.99. The van der Waals surface area contributed by atoms with Gasteiger partial charge in [0, 0.05) is 29.1 Å². The Morgan fingerprint density at radius 1 is 1.38 bits per heavy atom. The van der Waals surface area contributed by atoms with Crippen LogP contribution in [0, 0.1) is 6.92 Å². The molecule has 5 nitrogen and oxygen atoms in total. The van der Waals surface area contributed by atoms with E-state index in [1.807, 2.05) is 19.1 Å². The van der Waals surface area contributed by atoms with Crippen molar-refractivity contribution in [1.29, 1.82) is 0 Å². The van der Waals surface area contributed by atoms with Crippen molar-refractivity contribution in [2.24, 2.45) is 0 Å². The number of nitrogen functional groups attached to an aromatic ring is 1. The maximum Gasteiger partial charge on any atom is 0.242 e. The fourth-order valence-corrected chi connectivity index (χ4v) is 3.95. The van der Waals surface area contributed by atoms with Crippen molar-refractivity contribution >= 4 is 43.2 Å². The Bertz CT molecular complexity index is 764. The van der Waals surface area contributed by atoms with Gasteiger partial charge in [-0.3, -0.25) is 4.98 Å². The molecule has 0 radical (unpaired) electrons. The number of hydrogen-bond acceptors (Lipinski definition) is 4. The number of nitrogens with zero attached hydrogens (tertiary/aromatic N) is 1. The molecular weight excluding hydrogens is 378 g/mol. The molecule has 0 saturated heterocycles. The number of sulfonamides is 1. The van der Waals surface area contributed by atoms with Gasteiger partial charge in [0.05, 0.1) is 9.37 Å². The number of nitrogens with two attached hydrogens (primary N) is 1. The van der Waals surface area contributed by atoms with Gasteiger partial charge in [-0.15, -0.1) is 0 Å². The lowest BCUT2D eigenvalue weighted by Gasteiger charge is -2.10. The zero-order chi connectivity index (χ0) is 15.6. The van der Waals surface area contributed by atoms with Crippen molar-refractivity contribution in [3.05, 3.63) is 51.2 Å². The van der Waals surface area contributed by atoms with E-state index in [1.165, 1.54) is 12.1 Å². The molecule has 0 bridgehead atoms. The smallest absolute Gasteiger partial charge is 0.242 e. The summed E-state index contributed by atoms with van der Waals surface area (Å²) in [7, 11) is -3.73. The molecule has 0 atom stereocenters. The Labute approximate surface area is 136 Å². The van der Waals surface area contributed by atoms with Gasteiger partial charge in [0.15, 0.2) is 0 Å². The van der Waals surface area contributed by atoms with Crippen LogP contribution in [0.5, 0.6) is 0 Å². The predicted molar refractivity (Wildman–Crippen MR) is 86.6 cm³/mol. The van der Waals surface area contributed by atoms with Crippen LogP contribution in [0.25, 0.3) is 0 Å². The van der Waals surface area contributed by atoms with Gasteiger partial charge >= 0.3 is 0 Å². The Balaban J connectivity index is 2.25. The molecule has 21 heavy (non-hydrogen) atoms. The van der Waals surface area contributed by atoms with Gasteiger partial charge in [-0.25, -0.2) is 13.1 Å². The van der Waals surface area contributed by atoms with Crippen LogP contribution in [0.1, 0.15) is 11.3 Å². The Hall–Kier alpha value is -1.15. The molecule has 112 valence electrons. The fraction of sp³-hybridized carbons (Fsp3) is 0.154. The molecule has 8 heteroatoms. The van der Waals surface area contributed by atoms with Crippen molar-refractivity contribution < 1.29 is 8.42 Å². The number of benzene rings is 1. The summed E-state index contributed by atoms with van der Waals surface area (Å²) in [4.78, 5) is 4.12. The van der Waals surface area contributed by atoms with Gasteiger partial charge in [-0.1, -0.05) is 17.7 Å². The summed E-state index contributed by atoms with van der Waals surface area (Å²) in [6.07, 6.45) is 1.62. The molecule has 0 aliphatic rings. The minimum absolute atomic E-state index is 0.00701. The van der Waals surface area contributed by atoms with Gasteiger partial charge in [0.2, 0.25) is 10.0 Å². The molecule has 3 N–H and O–H groups in total. The Morgan fingerprint density at radius 3 is 2.71 bits per heavy atom. The summed E-state index contributed by atoms with van der Waals surface area (Å²) >= 11 is 9.03. The molecule has 0 aliphatic heterocycles. The molecule has 1 heterocycles. The summed E-state index contributed by atoms with van der Waals surface area (Å²) in [5, 5.41) is 0.257. The van der Waals surface area contributed by atoms with E-state index in [0.29, 0.717) is 4.47 Å². The second kappa shape index (κ2) is 6.31. The lowest BCUT2D eigenvalue weighted by Crippen LogP contribution is -2.24. The van der Waals surface area contributed by atoms with Gasteiger partial charge < -0.3 is 5.73 Å². The molecule has 2 aromatic rings.